The number of benzene rings is 1. The number of ether oxygens (including phenoxy) is 1. The van der Waals surface area contributed by atoms with Gasteiger partial charge in [-0.3, -0.25) is 9.59 Å². The van der Waals surface area contributed by atoms with Crippen LogP contribution in [0.4, 0.5) is 5.82 Å². The number of rotatable bonds is 7. The summed E-state index contributed by atoms with van der Waals surface area (Å²) in [5, 5.41) is 10.3. The van der Waals surface area contributed by atoms with Gasteiger partial charge in [0.15, 0.2) is 0 Å². The average molecular weight is 412 g/mol. The standard InChI is InChI=1S/C20H20N4O4S/c1-27-14-5-2-4-13(8-14)20(26)22-19-16-11-29-12-17(16)23-24(19)10-18(25)21-9-15-6-3-7-28-15/h2-8H,9-12H2,1H3,(H,21,25)(H,22,26). The largest absolute Gasteiger partial charge is 0.497 e. The fourth-order valence-corrected chi connectivity index (χ4v) is 4.09. The highest BCUT2D eigenvalue weighted by molar-refractivity contribution is 7.98. The Hall–Kier alpha value is -3.20. The molecule has 0 radical (unpaired) electrons. The molecule has 2 N–H and O–H groups in total. The van der Waals surface area contributed by atoms with E-state index in [0.717, 1.165) is 22.8 Å². The molecule has 3 aromatic rings. The molecule has 2 amide bonds. The molecule has 3 heterocycles. The van der Waals surface area contributed by atoms with Crippen LogP contribution in [-0.2, 0) is 29.4 Å². The SMILES string of the molecule is COc1cccc(C(=O)Nc2c3c(nn2CC(=O)NCc2ccco2)CSC3)c1. The molecule has 1 aromatic carbocycles. The van der Waals surface area contributed by atoms with Gasteiger partial charge in [-0.1, -0.05) is 6.07 Å². The number of carbonyl (C=O) groups excluding carboxylic acids is 2. The Morgan fingerprint density at radius 1 is 1.28 bits per heavy atom. The first-order valence-electron chi connectivity index (χ1n) is 9.05. The lowest BCUT2D eigenvalue weighted by molar-refractivity contribution is -0.122. The third kappa shape index (κ3) is 4.29. The molecule has 0 aliphatic carbocycles. The van der Waals surface area contributed by atoms with Crippen LogP contribution in [-0.4, -0.2) is 28.7 Å². The van der Waals surface area contributed by atoms with E-state index in [-0.39, 0.29) is 18.4 Å². The first-order valence-corrected chi connectivity index (χ1v) is 10.2. The second-order valence-electron chi connectivity index (χ2n) is 6.47. The maximum Gasteiger partial charge on any atom is 0.256 e. The molecule has 0 saturated carbocycles. The van der Waals surface area contributed by atoms with Crippen molar-refractivity contribution >= 4 is 29.4 Å². The van der Waals surface area contributed by atoms with Crippen molar-refractivity contribution in [2.45, 2.75) is 24.6 Å². The Balaban J connectivity index is 1.50. The zero-order valence-electron chi connectivity index (χ0n) is 15.8. The van der Waals surface area contributed by atoms with E-state index in [0.29, 0.717) is 29.4 Å². The molecular formula is C20H20N4O4S. The molecule has 0 fully saturated rings. The highest BCUT2D eigenvalue weighted by Crippen LogP contribution is 2.35. The van der Waals surface area contributed by atoms with Gasteiger partial charge in [-0.15, -0.1) is 0 Å². The predicted octanol–water partition coefficient (Wildman–Crippen LogP) is 2.80. The quantitative estimate of drug-likeness (QED) is 0.619. The van der Waals surface area contributed by atoms with Gasteiger partial charge in [0.05, 0.1) is 25.6 Å². The van der Waals surface area contributed by atoms with E-state index in [1.165, 1.54) is 0 Å². The normalized spacial score (nSPS) is 12.4. The molecule has 0 saturated heterocycles. The fourth-order valence-electron chi connectivity index (χ4n) is 3.06. The number of hydrogen-bond acceptors (Lipinski definition) is 6. The topological polar surface area (TPSA) is 98.4 Å². The zero-order valence-corrected chi connectivity index (χ0v) is 16.6. The minimum absolute atomic E-state index is 0.00605. The monoisotopic (exact) mass is 412 g/mol. The Labute approximate surface area is 171 Å². The Kier molecular flexibility index (Phi) is 5.57. The number of carbonyl (C=O) groups is 2. The van der Waals surface area contributed by atoms with Crippen molar-refractivity contribution in [1.82, 2.24) is 15.1 Å². The molecule has 150 valence electrons. The summed E-state index contributed by atoms with van der Waals surface area (Å²) in [5.74, 6) is 2.85. The summed E-state index contributed by atoms with van der Waals surface area (Å²) in [4.78, 5) is 25.1. The molecule has 0 bridgehead atoms. The summed E-state index contributed by atoms with van der Waals surface area (Å²) in [6.07, 6.45) is 1.56. The van der Waals surface area contributed by atoms with Crippen molar-refractivity contribution in [3.63, 3.8) is 0 Å². The van der Waals surface area contributed by atoms with Gasteiger partial charge >= 0.3 is 0 Å². The molecule has 1 aliphatic heterocycles. The van der Waals surface area contributed by atoms with E-state index in [4.69, 9.17) is 9.15 Å². The van der Waals surface area contributed by atoms with Crippen molar-refractivity contribution < 1.29 is 18.7 Å². The van der Waals surface area contributed by atoms with Crippen molar-refractivity contribution in [2.75, 3.05) is 12.4 Å². The number of anilines is 1. The van der Waals surface area contributed by atoms with Crippen LogP contribution in [0, 0.1) is 0 Å². The lowest BCUT2D eigenvalue weighted by Crippen LogP contribution is -2.28. The lowest BCUT2D eigenvalue weighted by Gasteiger charge is -2.11. The highest BCUT2D eigenvalue weighted by Gasteiger charge is 2.25. The van der Waals surface area contributed by atoms with Crippen LogP contribution in [0.5, 0.6) is 5.75 Å². The maximum absolute atomic E-state index is 12.8. The molecule has 0 atom stereocenters. The zero-order chi connectivity index (χ0) is 20.2. The maximum atomic E-state index is 12.8. The summed E-state index contributed by atoms with van der Waals surface area (Å²) >= 11 is 1.73. The van der Waals surface area contributed by atoms with E-state index in [1.807, 2.05) is 0 Å². The number of furan rings is 1. The van der Waals surface area contributed by atoms with Gasteiger partial charge in [-0.05, 0) is 30.3 Å². The van der Waals surface area contributed by atoms with Gasteiger partial charge in [0.1, 0.15) is 23.9 Å². The first kappa shape index (κ1) is 19.1. The first-order chi connectivity index (χ1) is 14.1. The minimum Gasteiger partial charge on any atom is -0.497 e. The van der Waals surface area contributed by atoms with Gasteiger partial charge in [0.2, 0.25) is 5.91 Å². The number of nitrogens with one attached hydrogen (secondary N) is 2. The second kappa shape index (κ2) is 8.44. The number of amides is 2. The van der Waals surface area contributed by atoms with E-state index >= 15 is 0 Å². The summed E-state index contributed by atoms with van der Waals surface area (Å²) < 4.78 is 12.0. The number of fused-ring (bicyclic) bond motifs is 1. The Morgan fingerprint density at radius 3 is 2.97 bits per heavy atom. The molecule has 8 nitrogen and oxygen atoms in total. The minimum atomic E-state index is -0.277. The van der Waals surface area contributed by atoms with Gasteiger partial charge in [0, 0.05) is 22.6 Å². The Bertz CT molecular complexity index is 1030. The summed E-state index contributed by atoms with van der Waals surface area (Å²) in [7, 11) is 1.55. The average Bonchev–Trinajstić information content (AvgIpc) is 3.46. The Morgan fingerprint density at radius 2 is 2.17 bits per heavy atom. The van der Waals surface area contributed by atoms with Gasteiger partial charge in [-0.25, -0.2) is 4.68 Å². The number of thioether (sulfide) groups is 1. The smallest absolute Gasteiger partial charge is 0.256 e. The van der Waals surface area contributed by atoms with Crippen molar-refractivity contribution in [3.05, 3.63) is 65.2 Å². The van der Waals surface area contributed by atoms with Gasteiger partial charge < -0.3 is 19.8 Å². The van der Waals surface area contributed by atoms with E-state index in [1.54, 1.807) is 66.2 Å². The second-order valence-corrected chi connectivity index (χ2v) is 7.45. The molecule has 0 unspecified atom stereocenters. The van der Waals surface area contributed by atoms with Crippen molar-refractivity contribution in [3.8, 4) is 5.75 Å². The van der Waals surface area contributed by atoms with Crippen molar-refractivity contribution in [2.24, 2.45) is 0 Å². The molecule has 9 heteroatoms. The van der Waals surface area contributed by atoms with Crippen LogP contribution in [0.2, 0.25) is 0 Å². The molecule has 29 heavy (non-hydrogen) atoms. The van der Waals surface area contributed by atoms with Crippen LogP contribution in [0.15, 0.2) is 47.1 Å². The van der Waals surface area contributed by atoms with Crippen LogP contribution < -0.4 is 15.4 Å². The molecule has 2 aromatic heterocycles. The molecule has 0 spiro atoms. The molecule has 4 rings (SSSR count). The molecular weight excluding hydrogens is 392 g/mol. The number of nitrogens with zero attached hydrogens (tertiary/aromatic N) is 2. The van der Waals surface area contributed by atoms with E-state index in [9.17, 15) is 9.59 Å². The van der Waals surface area contributed by atoms with Crippen LogP contribution in [0.1, 0.15) is 27.4 Å². The molecule has 1 aliphatic rings. The number of hydrogen-bond donors (Lipinski definition) is 2. The van der Waals surface area contributed by atoms with Crippen LogP contribution in [0.25, 0.3) is 0 Å². The van der Waals surface area contributed by atoms with Crippen molar-refractivity contribution in [1.29, 1.82) is 0 Å². The van der Waals surface area contributed by atoms with E-state index in [2.05, 4.69) is 15.7 Å². The summed E-state index contributed by atoms with van der Waals surface area (Å²) in [5.41, 5.74) is 2.33. The highest BCUT2D eigenvalue weighted by atomic mass is 32.2. The van der Waals surface area contributed by atoms with E-state index < -0.39 is 0 Å². The van der Waals surface area contributed by atoms with Crippen LogP contribution >= 0.6 is 11.8 Å². The summed E-state index contributed by atoms with van der Waals surface area (Å²) in [6.45, 7) is 0.306. The van der Waals surface area contributed by atoms with Crippen LogP contribution in [0.3, 0.4) is 0 Å². The third-order valence-corrected chi connectivity index (χ3v) is 5.49. The number of methoxy groups -OCH3 is 1. The predicted molar refractivity (Wildman–Crippen MR) is 109 cm³/mol. The summed E-state index contributed by atoms with van der Waals surface area (Å²) in [6, 6.07) is 10.5. The number of aromatic nitrogens is 2. The lowest BCUT2D eigenvalue weighted by atomic mass is 10.2. The fraction of sp³-hybridized carbons (Fsp3) is 0.250. The van der Waals surface area contributed by atoms with Gasteiger partial charge in [0.25, 0.3) is 5.91 Å². The van der Waals surface area contributed by atoms with Gasteiger partial charge in [-0.2, -0.15) is 16.9 Å². The third-order valence-electron chi connectivity index (χ3n) is 4.52.